The summed E-state index contributed by atoms with van der Waals surface area (Å²) in [7, 11) is 0. The Kier molecular flexibility index (Phi) is 3.62. The highest BCUT2D eigenvalue weighted by molar-refractivity contribution is 6.65. The minimum Gasteiger partial charge on any atom is -0.437 e. The van der Waals surface area contributed by atoms with Gasteiger partial charge in [0.05, 0.1) is 5.70 Å². The molecule has 0 saturated heterocycles. The molecule has 4 heteroatoms. The first-order chi connectivity index (χ1) is 8.47. The summed E-state index contributed by atoms with van der Waals surface area (Å²) in [5.74, 6) is 1.25. The molecule has 1 aliphatic rings. The third kappa shape index (κ3) is 2.67. The van der Waals surface area contributed by atoms with E-state index in [-0.39, 0.29) is 0 Å². The number of rotatable bonds is 2. The lowest BCUT2D eigenvalue weighted by atomic mass is 10.1. The maximum atomic E-state index is 5.93. The van der Waals surface area contributed by atoms with Crippen molar-refractivity contribution in [3.8, 4) is 5.75 Å². The minimum absolute atomic E-state index is 0.432. The highest BCUT2D eigenvalue weighted by Crippen LogP contribution is 2.29. The molecule has 0 saturated carbocycles. The van der Waals surface area contributed by atoms with Crippen LogP contribution in [-0.2, 0) is 0 Å². The third-order valence-corrected chi connectivity index (χ3v) is 3.18. The Morgan fingerprint density at radius 2 is 1.78 bits per heavy atom. The molecule has 0 bridgehead atoms. The van der Waals surface area contributed by atoms with Crippen LogP contribution in [0.1, 0.15) is 29.5 Å². The Labute approximate surface area is 112 Å². The molecule has 0 spiro atoms. The van der Waals surface area contributed by atoms with Crippen molar-refractivity contribution >= 4 is 16.8 Å². The molecule has 2 rings (SSSR count). The van der Waals surface area contributed by atoms with E-state index >= 15 is 0 Å². The molecule has 0 unspecified atom stereocenters. The van der Waals surface area contributed by atoms with Crippen LogP contribution >= 0.6 is 11.6 Å². The lowest BCUT2D eigenvalue weighted by molar-refractivity contribution is 0.402. The average molecular weight is 265 g/mol. The number of aryl methyl sites for hydroxylation is 3. The first kappa shape index (κ1) is 13.0. The average Bonchev–Trinajstić information content (AvgIpc) is 2.28. The quantitative estimate of drug-likeness (QED) is 0.888. The molecule has 0 aliphatic carbocycles. The van der Waals surface area contributed by atoms with E-state index in [2.05, 4.69) is 24.0 Å². The number of nitrogens with two attached hydrogens (primary N) is 1. The van der Waals surface area contributed by atoms with Crippen LogP contribution in [-0.4, -0.2) is 5.17 Å². The monoisotopic (exact) mass is 264 g/mol. The number of nitrogens with zero attached hydrogens (tertiary/aromatic N) is 1. The summed E-state index contributed by atoms with van der Waals surface area (Å²) in [5, 5.41) is 0.543. The number of hydrogen-bond acceptors (Lipinski definition) is 3. The van der Waals surface area contributed by atoms with Gasteiger partial charge in [-0.25, -0.2) is 4.99 Å². The molecule has 0 amide bonds. The molecule has 1 aromatic carbocycles. The van der Waals surface area contributed by atoms with Gasteiger partial charge in [0.1, 0.15) is 10.9 Å². The standard InChI is InChI=1S/C14H17ClN2O/c1-8-6-9(2)13(10(3)7-8)18-14-11(16)4-5-12(15)17-14/h6-7H,4-5,16H2,1-3H3. The molecule has 3 nitrogen and oxygen atoms in total. The second-order valence-electron chi connectivity index (χ2n) is 4.65. The third-order valence-electron chi connectivity index (χ3n) is 2.90. The molecule has 1 aliphatic heterocycles. The van der Waals surface area contributed by atoms with Gasteiger partial charge in [-0.15, -0.1) is 0 Å². The summed E-state index contributed by atoms with van der Waals surface area (Å²) in [4.78, 5) is 4.18. The van der Waals surface area contributed by atoms with Gasteiger partial charge in [-0.3, -0.25) is 0 Å². The summed E-state index contributed by atoms with van der Waals surface area (Å²) < 4.78 is 5.84. The number of ether oxygens (including phenoxy) is 1. The summed E-state index contributed by atoms with van der Waals surface area (Å²) in [6.45, 7) is 6.09. The first-order valence-electron chi connectivity index (χ1n) is 5.94. The summed E-state index contributed by atoms with van der Waals surface area (Å²) >= 11 is 5.93. The van der Waals surface area contributed by atoms with Gasteiger partial charge in [0.15, 0.2) is 0 Å². The topological polar surface area (TPSA) is 47.6 Å². The van der Waals surface area contributed by atoms with Crippen LogP contribution < -0.4 is 10.5 Å². The number of benzene rings is 1. The zero-order valence-corrected chi connectivity index (χ0v) is 11.6. The molecular formula is C14H17ClN2O. The van der Waals surface area contributed by atoms with Crippen molar-refractivity contribution in [2.75, 3.05) is 0 Å². The second-order valence-corrected chi connectivity index (χ2v) is 5.08. The van der Waals surface area contributed by atoms with Gasteiger partial charge >= 0.3 is 0 Å². The van der Waals surface area contributed by atoms with Gasteiger partial charge < -0.3 is 10.5 Å². The number of halogens is 1. The highest BCUT2D eigenvalue weighted by atomic mass is 35.5. The van der Waals surface area contributed by atoms with Crippen molar-refractivity contribution in [3.05, 3.63) is 40.4 Å². The summed E-state index contributed by atoms with van der Waals surface area (Å²) in [5.41, 5.74) is 9.92. The van der Waals surface area contributed by atoms with Gasteiger partial charge in [-0.05, 0) is 38.3 Å². The molecule has 0 fully saturated rings. The second kappa shape index (κ2) is 5.02. The van der Waals surface area contributed by atoms with Gasteiger partial charge in [0.2, 0.25) is 5.88 Å². The van der Waals surface area contributed by atoms with E-state index in [0.717, 1.165) is 16.9 Å². The predicted octanol–water partition coefficient (Wildman–Crippen LogP) is 3.55. The molecular weight excluding hydrogens is 248 g/mol. The van der Waals surface area contributed by atoms with Crippen molar-refractivity contribution in [1.82, 2.24) is 0 Å². The van der Waals surface area contributed by atoms with E-state index in [1.54, 1.807) is 0 Å². The van der Waals surface area contributed by atoms with E-state index < -0.39 is 0 Å². The van der Waals surface area contributed by atoms with Gasteiger partial charge in [0, 0.05) is 6.42 Å². The predicted molar refractivity (Wildman–Crippen MR) is 75.0 cm³/mol. The van der Waals surface area contributed by atoms with Crippen LogP contribution in [0.25, 0.3) is 0 Å². The molecule has 0 atom stereocenters. The van der Waals surface area contributed by atoms with Crippen LogP contribution in [0.4, 0.5) is 0 Å². The molecule has 96 valence electrons. The van der Waals surface area contributed by atoms with Crippen molar-refractivity contribution in [2.24, 2.45) is 10.7 Å². The zero-order chi connectivity index (χ0) is 13.3. The lowest BCUT2D eigenvalue weighted by Gasteiger charge is -2.17. The Hall–Kier alpha value is -1.48. The first-order valence-corrected chi connectivity index (χ1v) is 6.32. The number of hydrogen-bond donors (Lipinski definition) is 1. The van der Waals surface area contributed by atoms with E-state index in [1.165, 1.54) is 5.56 Å². The molecule has 1 heterocycles. The number of aliphatic imine (C=N–C) groups is 1. The highest BCUT2D eigenvalue weighted by Gasteiger charge is 2.15. The van der Waals surface area contributed by atoms with E-state index in [0.29, 0.717) is 29.6 Å². The van der Waals surface area contributed by atoms with Crippen LogP contribution in [0.5, 0.6) is 5.75 Å². The Morgan fingerprint density at radius 3 is 2.39 bits per heavy atom. The van der Waals surface area contributed by atoms with E-state index in [1.807, 2.05) is 13.8 Å². The molecule has 2 N–H and O–H groups in total. The molecule has 1 aromatic rings. The SMILES string of the molecule is Cc1cc(C)c(OC2=C(N)CCC(Cl)=N2)c(C)c1. The zero-order valence-electron chi connectivity index (χ0n) is 10.9. The fourth-order valence-electron chi connectivity index (χ4n) is 2.10. The van der Waals surface area contributed by atoms with E-state index in [4.69, 9.17) is 22.1 Å². The van der Waals surface area contributed by atoms with E-state index in [9.17, 15) is 0 Å². The molecule has 18 heavy (non-hydrogen) atoms. The Balaban J connectivity index is 2.35. The minimum atomic E-state index is 0.432. The Morgan fingerprint density at radius 1 is 1.17 bits per heavy atom. The normalized spacial score (nSPS) is 15.7. The number of allylic oxidation sites excluding steroid dienone is 1. The van der Waals surface area contributed by atoms with Crippen molar-refractivity contribution in [2.45, 2.75) is 33.6 Å². The fraction of sp³-hybridized carbons (Fsp3) is 0.357. The van der Waals surface area contributed by atoms with Gasteiger partial charge in [0.25, 0.3) is 0 Å². The largest absolute Gasteiger partial charge is 0.437 e. The maximum absolute atomic E-state index is 5.93. The molecule has 0 radical (unpaired) electrons. The Bertz CT molecular complexity index is 524. The van der Waals surface area contributed by atoms with Crippen LogP contribution in [0.2, 0.25) is 0 Å². The molecule has 0 aromatic heterocycles. The fourth-order valence-corrected chi connectivity index (χ4v) is 2.27. The smallest absolute Gasteiger partial charge is 0.239 e. The van der Waals surface area contributed by atoms with Crippen LogP contribution in [0.3, 0.4) is 0 Å². The van der Waals surface area contributed by atoms with Crippen LogP contribution in [0.15, 0.2) is 28.7 Å². The van der Waals surface area contributed by atoms with Crippen LogP contribution in [0, 0.1) is 20.8 Å². The summed E-state index contributed by atoms with van der Waals surface area (Å²) in [6.07, 6.45) is 1.38. The lowest BCUT2D eigenvalue weighted by Crippen LogP contribution is -2.13. The van der Waals surface area contributed by atoms with Crippen molar-refractivity contribution in [1.29, 1.82) is 0 Å². The maximum Gasteiger partial charge on any atom is 0.239 e. The van der Waals surface area contributed by atoms with Gasteiger partial charge in [-0.1, -0.05) is 29.3 Å². The summed E-state index contributed by atoms with van der Waals surface area (Å²) in [6, 6.07) is 4.15. The van der Waals surface area contributed by atoms with Crippen molar-refractivity contribution in [3.63, 3.8) is 0 Å². The van der Waals surface area contributed by atoms with Gasteiger partial charge in [-0.2, -0.15) is 0 Å². The van der Waals surface area contributed by atoms with Crippen molar-refractivity contribution < 1.29 is 4.74 Å².